The number of hydrogen-bond donors (Lipinski definition) is 2. The number of amides is 1. The second-order valence-corrected chi connectivity index (χ2v) is 8.89. The van der Waals surface area contributed by atoms with E-state index in [1.165, 1.54) is 11.1 Å². The fourth-order valence-electron chi connectivity index (χ4n) is 4.88. The Hall–Kier alpha value is -3.51. The molecule has 168 valence electrons. The highest BCUT2D eigenvalue weighted by atomic mass is 16.3. The molecular formula is C27H28N4O2. The van der Waals surface area contributed by atoms with Gasteiger partial charge in [-0.15, -0.1) is 10.2 Å². The number of allylic oxidation sites excluding steroid dienone is 1. The van der Waals surface area contributed by atoms with Gasteiger partial charge < -0.3 is 15.3 Å². The fraction of sp³-hybridized carbons (Fsp3) is 0.296. The van der Waals surface area contributed by atoms with Crippen LogP contribution in [-0.4, -0.2) is 46.9 Å². The molecule has 2 heterocycles. The van der Waals surface area contributed by atoms with Gasteiger partial charge in [0.2, 0.25) is 0 Å². The lowest BCUT2D eigenvalue weighted by atomic mass is 9.74. The van der Waals surface area contributed by atoms with Crippen LogP contribution in [0.5, 0.6) is 0 Å². The molecular weight excluding hydrogens is 412 g/mol. The van der Waals surface area contributed by atoms with Crippen molar-refractivity contribution in [3.63, 3.8) is 0 Å². The van der Waals surface area contributed by atoms with Crippen LogP contribution in [0.15, 0.2) is 72.8 Å². The zero-order valence-electron chi connectivity index (χ0n) is 18.5. The van der Waals surface area contributed by atoms with Crippen LogP contribution in [0.1, 0.15) is 40.0 Å². The molecule has 2 N–H and O–H groups in total. The summed E-state index contributed by atoms with van der Waals surface area (Å²) in [4.78, 5) is 14.7. The van der Waals surface area contributed by atoms with Crippen molar-refractivity contribution in [2.45, 2.75) is 30.8 Å². The van der Waals surface area contributed by atoms with Crippen LogP contribution in [0.3, 0.4) is 0 Å². The molecule has 1 aromatic heterocycles. The van der Waals surface area contributed by atoms with Gasteiger partial charge in [-0.2, -0.15) is 0 Å². The molecule has 2 aliphatic rings. The van der Waals surface area contributed by atoms with Crippen LogP contribution >= 0.6 is 0 Å². The number of fused-ring (bicyclic) bond motifs is 2. The molecule has 3 aromatic rings. The smallest absolute Gasteiger partial charge is 0.271 e. The highest BCUT2D eigenvalue weighted by Gasteiger charge is 2.38. The molecule has 1 amide bonds. The predicted molar refractivity (Wildman–Crippen MR) is 129 cm³/mol. The number of aromatic nitrogens is 2. The quantitative estimate of drug-likeness (QED) is 0.615. The van der Waals surface area contributed by atoms with E-state index in [0.717, 1.165) is 37.3 Å². The molecule has 2 aromatic carbocycles. The third-order valence-corrected chi connectivity index (χ3v) is 6.75. The lowest BCUT2D eigenvalue weighted by Gasteiger charge is -2.39. The van der Waals surface area contributed by atoms with Crippen molar-refractivity contribution in [2.75, 3.05) is 24.5 Å². The number of hydrogen-bond acceptors (Lipinski definition) is 5. The van der Waals surface area contributed by atoms with Gasteiger partial charge in [0.05, 0.1) is 6.10 Å². The lowest BCUT2D eigenvalue weighted by molar-refractivity contribution is 0.0910. The normalized spacial score (nSPS) is 17.1. The zero-order chi connectivity index (χ0) is 22.7. The van der Waals surface area contributed by atoms with Crippen molar-refractivity contribution in [1.29, 1.82) is 0 Å². The summed E-state index contributed by atoms with van der Waals surface area (Å²) in [6.45, 7) is 1.95. The van der Waals surface area contributed by atoms with Gasteiger partial charge in [0.1, 0.15) is 0 Å². The Balaban J connectivity index is 1.14. The summed E-state index contributed by atoms with van der Waals surface area (Å²) in [6, 6.07) is 21.9. The van der Waals surface area contributed by atoms with E-state index < -0.39 is 6.10 Å². The topological polar surface area (TPSA) is 78.4 Å². The third-order valence-electron chi connectivity index (χ3n) is 6.75. The first-order valence-corrected chi connectivity index (χ1v) is 11.5. The SMILES string of the molecule is O=C(NCC(O)Cc1ccccc1)c1ccc(N2CCC3(C=Cc4ccccc43)CC2)nn1. The first-order valence-electron chi connectivity index (χ1n) is 11.5. The first-order chi connectivity index (χ1) is 16.1. The van der Waals surface area contributed by atoms with Gasteiger partial charge in [0.25, 0.3) is 5.91 Å². The Bertz CT molecular complexity index is 1140. The van der Waals surface area contributed by atoms with Gasteiger partial charge in [0, 0.05) is 31.5 Å². The highest BCUT2D eigenvalue weighted by molar-refractivity contribution is 5.92. The van der Waals surface area contributed by atoms with Gasteiger partial charge in [-0.25, -0.2) is 0 Å². The van der Waals surface area contributed by atoms with Crippen LogP contribution in [-0.2, 0) is 11.8 Å². The maximum atomic E-state index is 12.4. The second kappa shape index (κ2) is 9.16. The third kappa shape index (κ3) is 4.52. The van der Waals surface area contributed by atoms with Gasteiger partial charge in [-0.3, -0.25) is 4.79 Å². The number of nitrogens with one attached hydrogen (secondary N) is 1. The minimum atomic E-state index is -0.654. The second-order valence-electron chi connectivity index (χ2n) is 8.89. The van der Waals surface area contributed by atoms with Gasteiger partial charge in [0.15, 0.2) is 11.5 Å². The maximum Gasteiger partial charge on any atom is 0.271 e. The van der Waals surface area contributed by atoms with Gasteiger partial charge in [-0.1, -0.05) is 66.7 Å². The zero-order valence-corrected chi connectivity index (χ0v) is 18.5. The van der Waals surface area contributed by atoms with Crippen molar-refractivity contribution in [1.82, 2.24) is 15.5 Å². The van der Waals surface area contributed by atoms with Crippen LogP contribution in [0.2, 0.25) is 0 Å². The summed E-state index contributed by atoms with van der Waals surface area (Å²) in [5, 5.41) is 21.4. The highest BCUT2D eigenvalue weighted by Crippen LogP contribution is 2.44. The fourth-order valence-corrected chi connectivity index (χ4v) is 4.88. The largest absolute Gasteiger partial charge is 0.391 e. The van der Waals surface area contributed by atoms with E-state index in [1.807, 2.05) is 36.4 Å². The van der Waals surface area contributed by atoms with Gasteiger partial charge in [-0.05, 0) is 41.7 Å². The van der Waals surface area contributed by atoms with E-state index in [9.17, 15) is 9.90 Å². The lowest BCUT2D eigenvalue weighted by Crippen LogP contribution is -2.41. The minimum Gasteiger partial charge on any atom is -0.391 e. The number of carbonyl (C=O) groups is 1. The summed E-state index contributed by atoms with van der Waals surface area (Å²) in [6.07, 6.45) is 6.50. The van der Waals surface area contributed by atoms with E-state index >= 15 is 0 Å². The Morgan fingerprint density at radius 2 is 1.76 bits per heavy atom. The van der Waals surface area contributed by atoms with Crippen LogP contribution in [0.25, 0.3) is 6.08 Å². The number of piperidine rings is 1. The average molecular weight is 441 g/mol. The molecule has 0 bridgehead atoms. The van der Waals surface area contributed by atoms with E-state index in [0.29, 0.717) is 6.42 Å². The summed E-state index contributed by atoms with van der Waals surface area (Å²) in [7, 11) is 0. The molecule has 6 heteroatoms. The number of benzene rings is 2. The summed E-state index contributed by atoms with van der Waals surface area (Å²) in [5.41, 5.74) is 4.17. The van der Waals surface area contributed by atoms with E-state index in [1.54, 1.807) is 6.07 Å². The minimum absolute atomic E-state index is 0.126. The molecule has 1 aliphatic carbocycles. The number of rotatable bonds is 6. The van der Waals surface area contributed by atoms with Crippen LogP contribution < -0.4 is 10.2 Å². The Labute approximate surface area is 194 Å². The Kier molecular flexibility index (Phi) is 5.92. The van der Waals surface area contributed by atoms with Crippen molar-refractivity contribution < 1.29 is 9.90 Å². The standard InChI is InChI=1S/C27H28N4O2/c32-22(18-20-6-2-1-3-7-20)19-28-26(33)24-10-11-25(30-29-24)31-16-14-27(15-17-31)13-12-21-8-4-5-9-23(21)27/h1-13,22,32H,14-19H2,(H,28,33). The number of nitrogens with zero attached hydrogens (tertiary/aromatic N) is 3. The van der Waals surface area contributed by atoms with Crippen molar-refractivity contribution >= 4 is 17.8 Å². The molecule has 1 atom stereocenters. The van der Waals surface area contributed by atoms with E-state index in [4.69, 9.17) is 0 Å². The van der Waals surface area contributed by atoms with Crippen LogP contribution in [0.4, 0.5) is 5.82 Å². The monoisotopic (exact) mass is 440 g/mol. The summed E-state index contributed by atoms with van der Waals surface area (Å²) >= 11 is 0. The maximum absolute atomic E-state index is 12.4. The number of aliphatic hydroxyl groups is 1. The molecule has 1 spiro atoms. The van der Waals surface area contributed by atoms with Gasteiger partial charge >= 0.3 is 0 Å². The molecule has 6 nitrogen and oxygen atoms in total. The first kappa shape index (κ1) is 21.3. The van der Waals surface area contributed by atoms with Crippen molar-refractivity contribution in [3.8, 4) is 0 Å². The molecule has 5 rings (SSSR count). The molecule has 1 saturated heterocycles. The number of aliphatic hydroxyl groups excluding tert-OH is 1. The molecule has 1 aliphatic heterocycles. The number of carbonyl (C=O) groups excluding carboxylic acids is 1. The molecule has 1 fully saturated rings. The van der Waals surface area contributed by atoms with E-state index in [-0.39, 0.29) is 23.6 Å². The van der Waals surface area contributed by atoms with E-state index in [2.05, 4.69) is 56.8 Å². The Morgan fingerprint density at radius 3 is 2.52 bits per heavy atom. The molecule has 0 saturated carbocycles. The number of anilines is 1. The molecule has 1 unspecified atom stereocenters. The van der Waals surface area contributed by atoms with Crippen molar-refractivity contribution in [2.24, 2.45) is 0 Å². The predicted octanol–water partition coefficient (Wildman–Crippen LogP) is 3.38. The average Bonchev–Trinajstić information content (AvgIpc) is 3.22. The summed E-state index contributed by atoms with van der Waals surface area (Å²) in [5.74, 6) is 0.465. The van der Waals surface area contributed by atoms with Crippen molar-refractivity contribution in [3.05, 3.63) is 95.2 Å². The molecule has 33 heavy (non-hydrogen) atoms. The Morgan fingerprint density at radius 1 is 1.00 bits per heavy atom. The van der Waals surface area contributed by atoms with Crippen LogP contribution in [0, 0.1) is 0 Å². The molecule has 0 radical (unpaired) electrons. The summed E-state index contributed by atoms with van der Waals surface area (Å²) < 4.78 is 0.